The molecular weight excluding hydrogens is 190 g/mol. The highest BCUT2D eigenvalue weighted by atomic mass is 15.3. The van der Waals surface area contributed by atoms with Crippen molar-refractivity contribution in [2.24, 2.45) is 7.05 Å². The number of aryl methyl sites for hydroxylation is 2. The summed E-state index contributed by atoms with van der Waals surface area (Å²) < 4.78 is 1.89. The predicted octanol–water partition coefficient (Wildman–Crippen LogP) is 1.13. The van der Waals surface area contributed by atoms with Gasteiger partial charge in [-0.3, -0.25) is 4.98 Å². The average molecular weight is 203 g/mol. The lowest BCUT2D eigenvalue weighted by molar-refractivity contribution is 0.812. The largest absolute Gasteiger partial charge is 0.378 e. The average Bonchev–Trinajstić information content (AvgIpc) is 2.61. The second-order valence-electron chi connectivity index (χ2n) is 3.40. The molecule has 0 aliphatic carbocycles. The zero-order chi connectivity index (χ0) is 10.7. The van der Waals surface area contributed by atoms with Crippen molar-refractivity contribution in [2.75, 3.05) is 5.32 Å². The molecule has 0 fully saturated rings. The summed E-state index contributed by atoms with van der Waals surface area (Å²) in [6.07, 6.45) is 3.48. The third-order valence-electron chi connectivity index (χ3n) is 2.15. The van der Waals surface area contributed by atoms with Crippen LogP contribution in [0.4, 0.5) is 5.69 Å². The fourth-order valence-electron chi connectivity index (χ4n) is 1.30. The van der Waals surface area contributed by atoms with Gasteiger partial charge < -0.3 is 9.88 Å². The third kappa shape index (κ3) is 2.31. The van der Waals surface area contributed by atoms with E-state index in [9.17, 15) is 0 Å². The van der Waals surface area contributed by atoms with E-state index in [0.29, 0.717) is 6.54 Å². The quantitative estimate of drug-likeness (QED) is 0.812. The molecule has 0 aliphatic rings. The number of nitrogens with zero attached hydrogens (tertiary/aromatic N) is 4. The van der Waals surface area contributed by atoms with E-state index in [1.165, 1.54) is 0 Å². The van der Waals surface area contributed by atoms with Crippen LogP contribution in [0.3, 0.4) is 0 Å². The molecule has 1 N–H and O–H groups in total. The number of hydrogen-bond acceptors (Lipinski definition) is 4. The summed E-state index contributed by atoms with van der Waals surface area (Å²) in [4.78, 5) is 4.13. The van der Waals surface area contributed by atoms with E-state index < -0.39 is 0 Å². The molecule has 2 aromatic rings. The van der Waals surface area contributed by atoms with Crippen LogP contribution in [0.2, 0.25) is 0 Å². The Labute approximate surface area is 88.2 Å². The molecule has 0 saturated carbocycles. The van der Waals surface area contributed by atoms with Gasteiger partial charge in [0.2, 0.25) is 0 Å². The van der Waals surface area contributed by atoms with Crippen LogP contribution in [-0.4, -0.2) is 19.7 Å². The highest BCUT2D eigenvalue weighted by Crippen LogP contribution is 2.08. The SMILES string of the molecule is Cc1cc(NCc2nncn2C)ccn1. The Morgan fingerprint density at radius 2 is 2.33 bits per heavy atom. The first kappa shape index (κ1) is 9.64. The number of rotatable bonds is 3. The van der Waals surface area contributed by atoms with Crippen molar-refractivity contribution in [2.45, 2.75) is 13.5 Å². The predicted molar refractivity (Wildman–Crippen MR) is 57.3 cm³/mol. The smallest absolute Gasteiger partial charge is 0.151 e. The number of nitrogens with one attached hydrogen (secondary N) is 1. The van der Waals surface area contributed by atoms with Gasteiger partial charge in [0.1, 0.15) is 6.33 Å². The Morgan fingerprint density at radius 3 is 3.00 bits per heavy atom. The van der Waals surface area contributed by atoms with E-state index in [4.69, 9.17) is 0 Å². The molecule has 0 bridgehead atoms. The number of hydrogen-bond donors (Lipinski definition) is 1. The van der Waals surface area contributed by atoms with Crippen molar-refractivity contribution in [3.63, 3.8) is 0 Å². The molecule has 0 spiro atoms. The molecule has 0 saturated heterocycles. The minimum atomic E-state index is 0.667. The van der Waals surface area contributed by atoms with Crippen LogP contribution in [0.5, 0.6) is 0 Å². The van der Waals surface area contributed by atoms with Crippen molar-refractivity contribution in [1.29, 1.82) is 0 Å². The molecular formula is C10H13N5. The second-order valence-corrected chi connectivity index (χ2v) is 3.40. The Bertz CT molecular complexity index is 449. The maximum Gasteiger partial charge on any atom is 0.151 e. The van der Waals surface area contributed by atoms with Crippen molar-refractivity contribution < 1.29 is 0 Å². The molecule has 2 rings (SSSR count). The Hall–Kier alpha value is -1.91. The molecule has 0 amide bonds. The maximum atomic E-state index is 4.13. The summed E-state index contributed by atoms with van der Waals surface area (Å²) in [5, 5.41) is 11.1. The van der Waals surface area contributed by atoms with Gasteiger partial charge in [-0.2, -0.15) is 0 Å². The van der Waals surface area contributed by atoms with Gasteiger partial charge in [-0.05, 0) is 19.1 Å². The standard InChI is InChI=1S/C10H13N5/c1-8-5-9(3-4-11-8)12-6-10-14-13-7-15(10)2/h3-5,7H,6H2,1-2H3,(H,11,12). The van der Waals surface area contributed by atoms with E-state index >= 15 is 0 Å². The second kappa shape index (κ2) is 4.08. The third-order valence-corrected chi connectivity index (χ3v) is 2.15. The van der Waals surface area contributed by atoms with E-state index in [1.807, 2.05) is 30.7 Å². The van der Waals surface area contributed by atoms with Crippen LogP contribution in [0.25, 0.3) is 0 Å². The van der Waals surface area contributed by atoms with Crippen LogP contribution in [0, 0.1) is 6.92 Å². The Balaban J connectivity index is 2.02. The Kier molecular flexibility index (Phi) is 2.62. The lowest BCUT2D eigenvalue weighted by Crippen LogP contribution is -2.05. The molecule has 2 aromatic heterocycles. The fourth-order valence-corrected chi connectivity index (χ4v) is 1.30. The van der Waals surface area contributed by atoms with E-state index in [0.717, 1.165) is 17.2 Å². The summed E-state index contributed by atoms with van der Waals surface area (Å²) in [5.74, 6) is 0.907. The summed E-state index contributed by atoms with van der Waals surface area (Å²) in [6, 6.07) is 3.93. The van der Waals surface area contributed by atoms with Gasteiger partial charge in [0.25, 0.3) is 0 Å². The summed E-state index contributed by atoms with van der Waals surface area (Å²) in [5.41, 5.74) is 2.04. The molecule has 0 unspecified atom stereocenters. The Morgan fingerprint density at radius 1 is 1.47 bits per heavy atom. The molecule has 15 heavy (non-hydrogen) atoms. The van der Waals surface area contributed by atoms with E-state index in [1.54, 1.807) is 12.5 Å². The van der Waals surface area contributed by atoms with Gasteiger partial charge in [-0.15, -0.1) is 10.2 Å². The minimum Gasteiger partial charge on any atom is -0.378 e. The molecule has 78 valence electrons. The van der Waals surface area contributed by atoms with Gasteiger partial charge >= 0.3 is 0 Å². The first-order valence-electron chi connectivity index (χ1n) is 4.75. The van der Waals surface area contributed by atoms with Crippen molar-refractivity contribution >= 4 is 5.69 Å². The molecule has 0 aromatic carbocycles. The van der Waals surface area contributed by atoms with Crippen LogP contribution < -0.4 is 5.32 Å². The normalized spacial score (nSPS) is 10.3. The maximum absolute atomic E-state index is 4.13. The van der Waals surface area contributed by atoms with E-state index in [-0.39, 0.29) is 0 Å². The summed E-state index contributed by atoms with van der Waals surface area (Å²) in [7, 11) is 1.93. The van der Waals surface area contributed by atoms with Gasteiger partial charge in [0.05, 0.1) is 6.54 Å². The topological polar surface area (TPSA) is 55.6 Å². The molecule has 5 nitrogen and oxygen atoms in total. The molecule has 0 atom stereocenters. The number of pyridine rings is 1. The summed E-state index contributed by atoms with van der Waals surface area (Å²) in [6.45, 7) is 2.63. The fraction of sp³-hybridized carbons (Fsp3) is 0.300. The van der Waals surface area contributed by atoms with Crippen molar-refractivity contribution in [3.05, 3.63) is 36.2 Å². The monoisotopic (exact) mass is 203 g/mol. The van der Waals surface area contributed by atoms with Crippen LogP contribution in [0.1, 0.15) is 11.5 Å². The lowest BCUT2D eigenvalue weighted by atomic mass is 10.3. The van der Waals surface area contributed by atoms with Gasteiger partial charge in [0.15, 0.2) is 5.82 Å². The van der Waals surface area contributed by atoms with Gasteiger partial charge in [-0.1, -0.05) is 0 Å². The van der Waals surface area contributed by atoms with Crippen molar-refractivity contribution in [1.82, 2.24) is 19.7 Å². The number of anilines is 1. The van der Waals surface area contributed by atoms with Gasteiger partial charge in [0, 0.05) is 24.6 Å². The molecule has 2 heterocycles. The molecule has 0 radical (unpaired) electrons. The number of aromatic nitrogens is 4. The van der Waals surface area contributed by atoms with Crippen LogP contribution >= 0.6 is 0 Å². The molecule has 0 aliphatic heterocycles. The van der Waals surface area contributed by atoms with E-state index in [2.05, 4.69) is 20.5 Å². The zero-order valence-corrected chi connectivity index (χ0v) is 8.81. The van der Waals surface area contributed by atoms with Crippen molar-refractivity contribution in [3.8, 4) is 0 Å². The van der Waals surface area contributed by atoms with Crippen LogP contribution in [-0.2, 0) is 13.6 Å². The first-order chi connectivity index (χ1) is 7.25. The first-order valence-corrected chi connectivity index (χ1v) is 4.75. The van der Waals surface area contributed by atoms with Crippen LogP contribution in [0.15, 0.2) is 24.7 Å². The van der Waals surface area contributed by atoms with Gasteiger partial charge in [-0.25, -0.2) is 0 Å². The minimum absolute atomic E-state index is 0.667. The highest BCUT2D eigenvalue weighted by molar-refractivity contribution is 5.42. The lowest BCUT2D eigenvalue weighted by Gasteiger charge is -2.05. The summed E-state index contributed by atoms with van der Waals surface area (Å²) >= 11 is 0. The molecule has 5 heteroatoms. The highest BCUT2D eigenvalue weighted by Gasteiger charge is 1.99. The zero-order valence-electron chi connectivity index (χ0n) is 8.81.